The molecule has 3 N–H and O–H groups in total. The maximum absolute atomic E-state index is 11.9. The molecule has 1 atom stereocenters. The highest BCUT2D eigenvalue weighted by molar-refractivity contribution is 5.67. The van der Waals surface area contributed by atoms with Crippen molar-refractivity contribution in [3.05, 3.63) is 17.7 Å². The standard InChI is InChI=1S/C16H28N4O2/c1-11-13(19-10-18-11)8-20-16(5,12-6-7-12)9-17-14(21)22-15(2,3)4/h10,12,20H,6-9H2,1-5H3,(H,17,21)(H,18,19). The largest absolute Gasteiger partial charge is 0.444 e. The number of nitrogens with one attached hydrogen (secondary N) is 3. The highest BCUT2D eigenvalue weighted by Gasteiger charge is 2.41. The molecule has 0 spiro atoms. The zero-order valence-corrected chi connectivity index (χ0v) is 14.2. The fourth-order valence-corrected chi connectivity index (χ4v) is 2.49. The predicted molar refractivity (Wildman–Crippen MR) is 85.5 cm³/mol. The van der Waals surface area contributed by atoms with E-state index in [1.807, 2.05) is 27.7 Å². The Balaban J connectivity index is 1.88. The summed E-state index contributed by atoms with van der Waals surface area (Å²) in [5.74, 6) is 0.585. The number of carbonyl (C=O) groups excluding carboxylic acids is 1. The lowest BCUT2D eigenvalue weighted by Gasteiger charge is -2.32. The molecule has 0 bridgehead atoms. The SMILES string of the molecule is Cc1[nH]cnc1CNC(C)(CNC(=O)OC(C)(C)C)C1CC1. The maximum Gasteiger partial charge on any atom is 0.407 e. The van der Waals surface area contributed by atoms with Crippen molar-refractivity contribution in [2.75, 3.05) is 6.54 Å². The summed E-state index contributed by atoms with van der Waals surface area (Å²) in [5, 5.41) is 6.46. The topological polar surface area (TPSA) is 79.0 Å². The number of rotatable bonds is 6. The van der Waals surface area contributed by atoms with E-state index in [9.17, 15) is 4.79 Å². The van der Waals surface area contributed by atoms with Gasteiger partial charge in [0.25, 0.3) is 0 Å². The number of nitrogens with zero attached hydrogens (tertiary/aromatic N) is 1. The number of carbonyl (C=O) groups is 1. The summed E-state index contributed by atoms with van der Waals surface area (Å²) < 4.78 is 5.31. The van der Waals surface area contributed by atoms with Crippen LogP contribution in [0.2, 0.25) is 0 Å². The van der Waals surface area contributed by atoms with E-state index in [4.69, 9.17) is 4.74 Å². The fraction of sp³-hybridized carbons (Fsp3) is 0.750. The molecule has 0 saturated heterocycles. The molecular weight excluding hydrogens is 280 g/mol. The summed E-state index contributed by atoms with van der Waals surface area (Å²) in [7, 11) is 0. The minimum absolute atomic E-state index is 0.137. The van der Waals surface area contributed by atoms with Crippen molar-refractivity contribution in [2.24, 2.45) is 5.92 Å². The Hall–Kier alpha value is -1.56. The number of aromatic nitrogens is 2. The molecule has 0 aromatic carbocycles. The molecule has 1 aliphatic carbocycles. The van der Waals surface area contributed by atoms with Gasteiger partial charge in [0.1, 0.15) is 5.60 Å². The normalized spacial score (nSPS) is 17.9. The van der Waals surface area contributed by atoms with Crippen LogP contribution in [0.3, 0.4) is 0 Å². The molecule has 1 aromatic heterocycles. The lowest BCUT2D eigenvalue weighted by Crippen LogP contribution is -2.53. The number of aromatic amines is 1. The van der Waals surface area contributed by atoms with Crippen LogP contribution >= 0.6 is 0 Å². The van der Waals surface area contributed by atoms with Gasteiger partial charge in [0.05, 0.1) is 12.0 Å². The number of hydrogen-bond acceptors (Lipinski definition) is 4. The van der Waals surface area contributed by atoms with Gasteiger partial charge >= 0.3 is 6.09 Å². The zero-order valence-electron chi connectivity index (χ0n) is 14.2. The summed E-state index contributed by atoms with van der Waals surface area (Å²) >= 11 is 0. The average molecular weight is 308 g/mol. The highest BCUT2D eigenvalue weighted by atomic mass is 16.6. The average Bonchev–Trinajstić information content (AvgIpc) is 3.17. The highest BCUT2D eigenvalue weighted by Crippen LogP contribution is 2.39. The van der Waals surface area contributed by atoms with Gasteiger partial charge in [-0.05, 0) is 53.4 Å². The quantitative estimate of drug-likeness (QED) is 0.754. The third-order valence-electron chi connectivity index (χ3n) is 4.07. The number of H-pyrrole nitrogens is 1. The maximum atomic E-state index is 11.9. The number of hydrogen-bond donors (Lipinski definition) is 3. The Morgan fingerprint density at radius 2 is 2.09 bits per heavy atom. The van der Waals surface area contributed by atoms with Gasteiger partial charge in [-0.3, -0.25) is 0 Å². The van der Waals surface area contributed by atoms with E-state index in [0.29, 0.717) is 19.0 Å². The van der Waals surface area contributed by atoms with Crippen LogP contribution in [0.1, 0.15) is 51.9 Å². The van der Waals surface area contributed by atoms with Crippen molar-refractivity contribution >= 4 is 6.09 Å². The van der Waals surface area contributed by atoms with Crippen LogP contribution in [0, 0.1) is 12.8 Å². The Kier molecular flexibility index (Phi) is 4.80. The Bertz CT molecular complexity index is 516. The molecule has 22 heavy (non-hydrogen) atoms. The molecule has 1 amide bonds. The second kappa shape index (κ2) is 6.28. The monoisotopic (exact) mass is 308 g/mol. The van der Waals surface area contributed by atoms with Gasteiger partial charge in [-0.25, -0.2) is 9.78 Å². The molecule has 0 radical (unpaired) electrons. The summed E-state index contributed by atoms with van der Waals surface area (Å²) in [6.07, 6.45) is 3.73. The second-order valence-corrected chi connectivity index (χ2v) is 7.37. The van der Waals surface area contributed by atoms with Crippen LogP contribution in [0.25, 0.3) is 0 Å². The number of imidazole rings is 1. The van der Waals surface area contributed by atoms with Crippen molar-refractivity contribution in [1.29, 1.82) is 0 Å². The smallest absolute Gasteiger partial charge is 0.407 e. The molecule has 1 aromatic rings. The van der Waals surface area contributed by atoms with Crippen LogP contribution in [0.4, 0.5) is 4.79 Å². The molecule has 2 rings (SSSR count). The van der Waals surface area contributed by atoms with Gasteiger partial charge in [-0.2, -0.15) is 0 Å². The molecule has 1 unspecified atom stereocenters. The van der Waals surface area contributed by atoms with Crippen LogP contribution in [0.15, 0.2) is 6.33 Å². The Labute approximate surface area is 132 Å². The van der Waals surface area contributed by atoms with E-state index < -0.39 is 5.60 Å². The van der Waals surface area contributed by atoms with Gasteiger partial charge in [0.15, 0.2) is 0 Å². The molecule has 1 fully saturated rings. The minimum atomic E-state index is -0.473. The predicted octanol–water partition coefficient (Wildman–Crippen LogP) is 2.50. The first-order chi connectivity index (χ1) is 10.2. The minimum Gasteiger partial charge on any atom is -0.444 e. The number of aryl methyl sites for hydroxylation is 1. The third kappa shape index (κ3) is 4.73. The first-order valence-electron chi connectivity index (χ1n) is 7.90. The van der Waals surface area contributed by atoms with E-state index in [1.165, 1.54) is 12.8 Å². The van der Waals surface area contributed by atoms with Crippen molar-refractivity contribution < 1.29 is 9.53 Å². The molecule has 0 aliphatic heterocycles. The van der Waals surface area contributed by atoms with Crippen LogP contribution in [-0.2, 0) is 11.3 Å². The van der Waals surface area contributed by atoms with E-state index >= 15 is 0 Å². The van der Waals surface area contributed by atoms with Crippen LogP contribution in [0.5, 0.6) is 0 Å². The third-order valence-corrected chi connectivity index (χ3v) is 4.07. The molecule has 1 saturated carbocycles. The number of alkyl carbamates (subject to hydrolysis) is 1. The van der Waals surface area contributed by atoms with Gasteiger partial charge in [-0.1, -0.05) is 0 Å². The van der Waals surface area contributed by atoms with Gasteiger partial charge < -0.3 is 20.4 Å². The summed E-state index contributed by atoms with van der Waals surface area (Å²) in [4.78, 5) is 19.3. The molecule has 1 aliphatic rings. The van der Waals surface area contributed by atoms with Gasteiger partial charge in [0, 0.05) is 24.3 Å². The van der Waals surface area contributed by atoms with E-state index in [0.717, 1.165) is 11.4 Å². The van der Waals surface area contributed by atoms with Crippen LogP contribution in [-0.4, -0.2) is 33.7 Å². The van der Waals surface area contributed by atoms with Crippen molar-refractivity contribution in [3.8, 4) is 0 Å². The first kappa shape index (κ1) is 16.8. The molecule has 6 nitrogen and oxygen atoms in total. The molecule has 124 valence electrons. The van der Waals surface area contributed by atoms with Gasteiger partial charge in [-0.15, -0.1) is 0 Å². The first-order valence-corrected chi connectivity index (χ1v) is 7.90. The van der Waals surface area contributed by atoms with Crippen molar-refractivity contribution in [1.82, 2.24) is 20.6 Å². The Morgan fingerprint density at radius 3 is 2.59 bits per heavy atom. The van der Waals surface area contributed by atoms with Crippen molar-refractivity contribution in [2.45, 2.75) is 65.1 Å². The van der Waals surface area contributed by atoms with Crippen LogP contribution < -0.4 is 10.6 Å². The van der Waals surface area contributed by atoms with Crippen molar-refractivity contribution in [3.63, 3.8) is 0 Å². The molecular formula is C16H28N4O2. The summed E-state index contributed by atoms with van der Waals surface area (Å²) in [6.45, 7) is 11.0. The fourth-order valence-electron chi connectivity index (χ4n) is 2.49. The van der Waals surface area contributed by atoms with E-state index in [-0.39, 0.29) is 11.6 Å². The lowest BCUT2D eigenvalue weighted by atomic mass is 9.95. The second-order valence-electron chi connectivity index (χ2n) is 7.37. The summed E-state index contributed by atoms with van der Waals surface area (Å²) in [5.41, 5.74) is 1.48. The lowest BCUT2D eigenvalue weighted by molar-refractivity contribution is 0.0507. The van der Waals surface area contributed by atoms with Gasteiger partial charge in [0.2, 0.25) is 0 Å². The van der Waals surface area contributed by atoms with E-state index in [2.05, 4.69) is 27.5 Å². The number of amides is 1. The zero-order chi connectivity index (χ0) is 16.4. The molecule has 1 heterocycles. The number of ether oxygens (including phenoxy) is 1. The Morgan fingerprint density at radius 1 is 1.41 bits per heavy atom. The summed E-state index contributed by atoms with van der Waals surface area (Å²) in [6, 6.07) is 0. The van der Waals surface area contributed by atoms with E-state index in [1.54, 1.807) is 6.33 Å². The molecule has 6 heteroatoms.